The smallest absolute Gasteiger partial charge is 0.226 e. The predicted molar refractivity (Wildman–Crippen MR) is 87.1 cm³/mol. The van der Waals surface area contributed by atoms with Gasteiger partial charge in [-0.15, -0.1) is 0 Å². The molecule has 1 amide bonds. The van der Waals surface area contributed by atoms with Crippen LogP contribution in [-0.2, 0) is 11.3 Å². The lowest BCUT2D eigenvalue weighted by molar-refractivity contribution is -0.137. The quantitative estimate of drug-likeness (QED) is 0.831. The molecule has 116 valence electrons. The first kappa shape index (κ1) is 16.0. The molecule has 1 saturated heterocycles. The first-order valence-corrected chi connectivity index (χ1v) is 8.20. The summed E-state index contributed by atoms with van der Waals surface area (Å²) in [6, 6.07) is 8.68. The number of amides is 1. The monoisotopic (exact) mass is 288 g/mol. The molecule has 1 aliphatic heterocycles. The highest BCUT2D eigenvalue weighted by Crippen LogP contribution is 2.21. The van der Waals surface area contributed by atoms with Gasteiger partial charge in [-0.25, -0.2) is 0 Å². The Labute approximate surface area is 128 Å². The number of carbonyl (C=O) groups excluding carboxylic acids is 1. The molecule has 1 aromatic carbocycles. The Hall–Kier alpha value is -1.35. The summed E-state index contributed by atoms with van der Waals surface area (Å²) >= 11 is 0. The van der Waals surface area contributed by atoms with Crippen molar-refractivity contribution in [2.45, 2.75) is 40.2 Å². The number of benzene rings is 1. The summed E-state index contributed by atoms with van der Waals surface area (Å²) in [5, 5.41) is 0. The maximum Gasteiger partial charge on any atom is 0.226 e. The van der Waals surface area contributed by atoms with Gasteiger partial charge in [0.15, 0.2) is 0 Å². The summed E-state index contributed by atoms with van der Waals surface area (Å²) in [5.41, 5.74) is 2.66. The summed E-state index contributed by atoms with van der Waals surface area (Å²) in [6.45, 7) is 10.9. The Morgan fingerprint density at radius 3 is 2.76 bits per heavy atom. The minimum absolute atomic E-state index is 0.184. The van der Waals surface area contributed by atoms with Gasteiger partial charge < -0.3 is 4.90 Å². The molecule has 0 aromatic heterocycles. The van der Waals surface area contributed by atoms with E-state index >= 15 is 0 Å². The van der Waals surface area contributed by atoms with E-state index in [0.29, 0.717) is 5.91 Å². The van der Waals surface area contributed by atoms with Gasteiger partial charge in [-0.1, -0.05) is 29.8 Å². The first-order valence-electron chi connectivity index (χ1n) is 8.20. The van der Waals surface area contributed by atoms with Gasteiger partial charge >= 0.3 is 0 Å². The molecule has 3 heteroatoms. The second-order valence-electron chi connectivity index (χ2n) is 6.07. The van der Waals surface area contributed by atoms with Gasteiger partial charge in [0.1, 0.15) is 0 Å². The van der Waals surface area contributed by atoms with Crippen LogP contribution in [0.25, 0.3) is 0 Å². The zero-order valence-electron chi connectivity index (χ0n) is 13.6. The normalized spacial score (nSPS) is 19.5. The predicted octanol–water partition coefficient (Wildman–Crippen LogP) is 3.08. The number of carbonyl (C=O) groups is 1. The average molecular weight is 288 g/mol. The number of piperidine rings is 1. The van der Waals surface area contributed by atoms with Crippen molar-refractivity contribution in [2.24, 2.45) is 5.92 Å². The molecule has 0 saturated carbocycles. The standard InChI is InChI=1S/C18H28N2O/c1-4-20(5-2)18(21)17-10-7-11-19(14-17)13-16-9-6-8-15(3)12-16/h6,8-9,12,17H,4-5,7,10-11,13-14H2,1-3H3/t17-/m0/s1. The third-order valence-corrected chi connectivity index (χ3v) is 4.42. The van der Waals surface area contributed by atoms with Gasteiger partial charge in [0.2, 0.25) is 5.91 Å². The van der Waals surface area contributed by atoms with Gasteiger partial charge in [0.05, 0.1) is 5.92 Å². The van der Waals surface area contributed by atoms with Crippen LogP contribution >= 0.6 is 0 Å². The van der Waals surface area contributed by atoms with E-state index in [1.54, 1.807) is 0 Å². The second-order valence-corrected chi connectivity index (χ2v) is 6.07. The lowest BCUT2D eigenvalue weighted by atomic mass is 9.96. The van der Waals surface area contributed by atoms with Crippen LogP contribution in [0, 0.1) is 12.8 Å². The van der Waals surface area contributed by atoms with Crippen LogP contribution in [0.15, 0.2) is 24.3 Å². The molecule has 2 rings (SSSR count). The molecule has 1 atom stereocenters. The highest BCUT2D eigenvalue weighted by atomic mass is 16.2. The molecule has 0 radical (unpaired) electrons. The Morgan fingerprint density at radius 2 is 2.10 bits per heavy atom. The van der Waals surface area contributed by atoms with E-state index < -0.39 is 0 Å². The van der Waals surface area contributed by atoms with Crippen molar-refractivity contribution in [3.63, 3.8) is 0 Å². The van der Waals surface area contributed by atoms with E-state index in [2.05, 4.69) is 49.9 Å². The summed E-state index contributed by atoms with van der Waals surface area (Å²) in [7, 11) is 0. The number of hydrogen-bond acceptors (Lipinski definition) is 2. The minimum atomic E-state index is 0.184. The highest BCUT2D eigenvalue weighted by Gasteiger charge is 2.28. The Balaban J connectivity index is 1.96. The van der Waals surface area contributed by atoms with Crippen LogP contribution in [0.3, 0.4) is 0 Å². The molecule has 1 fully saturated rings. The van der Waals surface area contributed by atoms with Crippen LogP contribution in [-0.4, -0.2) is 41.9 Å². The maximum absolute atomic E-state index is 12.5. The van der Waals surface area contributed by atoms with Crippen molar-refractivity contribution < 1.29 is 4.79 Å². The largest absolute Gasteiger partial charge is 0.343 e. The Kier molecular flexibility index (Phi) is 5.80. The van der Waals surface area contributed by atoms with E-state index in [9.17, 15) is 4.79 Å². The molecule has 0 spiro atoms. The molecular formula is C18H28N2O. The summed E-state index contributed by atoms with van der Waals surface area (Å²) < 4.78 is 0. The van der Waals surface area contributed by atoms with Crippen molar-refractivity contribution in [1.82, 2.24) is 9.80 Å². The zero-order valence-corrected chi connectivity index (χ0v) is 13.6. The molecular weight excluding hydrogens is 260 g/mol. The molecule has 1 heterocycles. The van der Waals surface area contributed by atoms with Crippen molar-refractivity contribution in [3.05, 3.63) is 35.4 Å². The number of likely N-dealkylation sites (tertiary alicyclic amines) is 1. The van der Waals surface area contributed by atoms with Gasteiger partial charge in [0.25, 0.3) is 0 Å². The topological polar surface area (TPSA) is 23.6 Å². The van der Waals surface area contributed by atoms with Gasteiger partial charge in [0, 0.05) is 26.2 Å². The number of hydrogen-bond donors (Lipinski definition) is 0. The fraction of sp³-hybridized carbons (Fsp3) is 0.611. The second kappa shape index (κ2) is 7.60. The fourth-order valence-corrected chi connectivity index (χ4v) is 3.26. The summed E-state index contributed by atoms with van der Waals surface area (Å²) in [6.07, 6.45) is 2.17. The minimum Gasteiger partial charge on any atom is -0.343 e. The van der Waals surface area contributed by atoms with Crippen LogP contribution in [0.4, 0.5) is 0 Å². The van der Waals surface area contributed by atoms with Crippen molar-refractivity contribution in [3.8, 4) is 0 Å². The first-order chi connectivity index (χ1) is 10.1. The Bertz CT molecular complexity index is 468. The molecule has 0 aliphatic carbocycles. The molecule has 0 N–H and O–H groups in total. The molecule has 0 bridgehead atoms. The van der Waals surface area contributed by atoms with Crippen LogP contribution in [0.5, 0.6) is 0 Å². The highest BCUT2D eigenvalue weighted by molar-refractivity contribution is 5.79. The third kappa shape index (κ3) is 4.31. The van der Waals surface area contributed by atoms with E-state index in [-0.39, 0.29) is 5.92 Å². The van der Waals surface area contributed by atoms with E-state index in [4.69, 9.17) is 0 Å². The lowest BCUT2D eigenvalue weighted by Crippen LogP contribution is -2.44. The molecule has 3 nitrogen and oxygen atoms in total. The SMILES string of the molecule is CCN(CC)C(=O)[C@H]1CCCN(Cc2cccc(C)c2)C1. The van der Waals surface area contributed by atoms with Gasteiger partial charge in [-0.3, -0.25) is 9.69 Å². The lowest BCUT2D eigenvalue weighted by Gasteiger charge is -2.34. The molecule has 1 aliphatic rings. The van der Waals surface area contributed by atoms with Crippen LogP contribution < -0.4 is 0 Å². The molecule has 0 unspecified atom stereocenters. The molecule has 21 heavy (non-hydrogen) atoms. The van der Waals surface area contributed by atoms with Crippen LogP contribution in [0.1, 0.15) is 37.8 Å². The number of nitrogens with zero attached hydrogens (tertiary/aromatic N) is 2. The van der Waals surface area contributed by atoms with E-state index in [1.165, 1.54) is 11.1 Å². The third-order valence-electron chi connectivity index (χ3n) is 4.42. The van der Waals surface area contributed by atoms with Gasteiger partial charge in [-0.05, 0) is 45.7 Å². The number of rotatable bonds is 5. The maximum atomic E-state index is 12.5. The van der Waals surface area contributed by atoms with Crippen molar-refractivity contribution in [1.29, 1.82) is 0 Å². The van der Waals surface area contributed by atoms with Crippen molar-refractivity contribution in [2.75, 3.05) is 26.2 Å². The molecule has 1 aromatic rings. The number of aryl methyl sites for hydroxylation is 1. The van der Waals surface area contributed by atoms with Crippen molar-refractivity contribution >= 4 is 5.91 Å². The zero-order chi connectivity index (χ0) is 15.2. The van der Waals surface area contributed by atoms with Gasteiger partial charge in [-0.2, -0.15) is 0 Å². The average Bonchev–Trinajstić information content (AvgIpc) is 2.48. The fourth-order valence-electron chi connectivity index (χ4n) is 3.26. The Morgan fingerprint density at radius 1 is 1.33 bits per heavy atom. The van der Waals surface area contributed by atoms with E-state index in [0.717, 1.165) is 45.6 Å². The van der Waals surface area contributed by atoms with Crippen LogP contribution in [0.2, 0.25) is 0 Å². The summed E-state index contributed by atoms with van der Waals surface area (Å²) in [5.74, 6) is 0.525. The summed E-state index contributed by atoms with van der Waals surface area (Å²) in [4.78, 5) is 16.9. The van der Waals surface area contributed by atoms with E-state index in [1.807, 2.05) is 4.90 Å².